The van der Waals surface area contributed by atoms with Gasteiger partial charge in [-0.2, -0.15) is 0 Å². The monoisotopic (exact) mass is 387 g/mol. The average Bonchev–Trinajstić information content (AvgIpc) is 2.78. The zero-order valence-electron chi connectivity index (χ0n) is 17.9. The quantitative estimate of drug-likeness (QED) is 0.330. The normalized spacial score (nSPS) is 11.0. The summed E-state index contributed by atoms with van der Waals surface area (Å²) >= 11 is 0. The Kier molecular flexibility index (Phi) is 8.36. The molecule has 3 heteroatoms. The van der Waals surface area contributed by atoms with Crippen molar-refractivity contribution < 1.29 is 0 Å². The molecule has 0 aliphatic heterocycles. The van der Waals surface area contributed by atoms with E-state index in [0.29, 0.717) is 0 Å². The predicted octanol–water partition coefficient (Wildman–Crippen LogP) is 7.06. The van der Waals surface area contributed by atoms with Crippen molar-refractivity contribution in [3.8, 4) is 22.6 Å². The highest BCUT2D eigenvalue weighted by Gasteiger charge is 2.05. The standard InChI is InChI=1S/C26H33N3/c1-3-5-7-8-9-11-22-19-28-26(29-20-22)24-15-13-23(14-16-24)25-17-12-21(18-27-25)10-6-4-2/h12-20H,3-11H2,1-2H3. The van der Waals surface area contributed by atoms with Crippen molar-refractivity contribution in [1.29, 1.82) is 0 Å². The molecule has 0 saturated carbocycles. The average molecular weight is 388 g/mol. The van der Waals surface area contributed by atoms with Gasteiger partial charge in [-0.25, -0.2) is 9.97 Å². The Morgan fingerprint density at radius 1 is 0.552 bits per heavy atom. The Balaban J connectivity index is 1.58. The van der Waals surface area contributed by atoms with Crippen molar-refractivity contribution in [3.63, 3.8) is 0 Å². The lowest BCUT2D eigenvalue weighted by molar-refractivity contribution is 0.631. The maximum Gasteiger partial charge on any atom is 0.159 e. The summed E-state index contributed by atoms with van der Waals surface area (Å²) in [6, 6.07) is 12.7. The Bertz CT molecular complexity index is 837. The van der Waals surface area contributed by atoms with Crippen molar-refractivity contribution >= 4 is 0 Å². The second kappa shape index (κ2) is 11.5. The number of aryl methyl sites for hydroxylation is 2. The van der Waals surface area contributed by atoms with E-state index in [1.807, 2.05) is 18.6 Å². The Labute approximate surface area is 175 Å². The van der Waals surface area contributed by atoms with Crippen molar-refractivity contribution in [2.45, 2.75) is 71.6 Å². The second-order valence-corrected chi connectivity index (χ2v) is 7.81. The summed E-state index contributed by atoms with van der Waals surface area (Å²) in [5, 5.41) is 0. The first-order valence-corrected chi connectivity index (χ1v) is 11.2. The van der Waals surface area contributed by atoms with Gasteiger partial charge in [0.05, 0.1) is 5.69 Å². The molecule has 3 rings (SSSR count). The number of aromatic nitrogens is 3. The Morgan fingerprint density at radius 2 is 1.17 bits per heavy atom. The van der Waals surface area contributed by atoms with Crippen LogP contribution < -0.4 is 0 Å². The smallest absolute Gasteiger partial charge is 0.159 e. The number of hydrogen-bond donors (Lipinski definition) is 0. The van der Waals surface area contributed by atoms with E-state index in [1.54, 1.807) is 0 Å². The van der Waals surface area contributed by atoms with Gasteiger partial charge < -0.3 is 0 Å². The molecule has 3 nitrogen and oxygen atoms in total. The van der Waals surface area contributed by atoms with Gasteiger partial charge in [-0.05, 0) is 42.9 Å². The van der Waals surface area contributed by atoms with E-state index >= 15 is 0 Å². The molecule has 0 aliphatic rings. The van der Waals surface area contributed by atoms with Crippen molar-refractivity contribution in [1.82, 2.24) is 15.0 Å². The molecule has 0 bridgehead atoms. The third kappa shape index (κ3) is 6.49. The molecule has 152 valence electrons. The third-order valence-electron chi connectivity index (χ3n) is 5.36. The molecule has 0 amide bonds. The van der Waals surface area contributed by atoms with Crippen LogP contribution in [0.15, 0.2) is 55.0 Å². The van der Waals surface area contributed by atoms with E-state index in [2.05, 4.69) is 65.2 Å². The minimum absolute atomic E-state index is 0.786. The van der Waals surface area contributed by atoms with Crippen LogP contribution >= 0.6 is 0 Å². The molecule has 0 atom stereocenters. The van der Waals surface area contributed by atoms with E-state index in [4.69, 9.17) is 0 Å². The predicted molar refractivity (Wildman–Crippen MR) is 122 cm³/mol. The molecule has 0 fully saturated rings. The summed E-state index contributed by atoms with van der Waals surface area (Å²) < 4.78 is 0. The number of unbranched alkanes of at least 4 members (excludes halogenated alkanes) is 5. The van der Waals surface area contributed by atoms with Crippen LogP contribution in [0, 0.1) is 0 Å². The van der Waals surface area contributed by atoms with Crippen LogP contribution in [0.25, 0.3) is 22.6 Å². The SMILES string of the molecule is CCCCCCCc1cnc(-c2ccc(-c3ccc(CCCC)cn3)cc2)nc1. The second-order valence-electron chi connectivity index (χ2n) is 7.81. The van der Waals surface area contributed by atoms with E-state index < -0.39 is 0 Å². The Hall–Kier alpha value is -2.55. The van der Waals surface area contributed by atoms with Gasteiger partial charge in [0.2, 0.25) is 0 Å². The number of rotatable bonds is 11. The van der Waals surface area contributed by atoms with Crippen LogP contribution in [0.5, 0.6) is 0 Å². The van der Waals surface area contributed by atoms with Crippen molar-refractivity contribution in [3.05, 3.63) is 66.1 Å². The molecule has 29 heavy (non-hydrogen) atoms. The minimum atomic E-state index is 0.786. The minimum Gasteiger partial charge on any atom is -0.256 e. The van der Waals surface area contributed by atoms with Crippen LogP contribution in [-0.4, -0.2) is 15.0 Å². The maximum atomic E-state index is 4.63. The van der Waals surface area contributed by atoms with Crippen LogP contribution in [0.1, 0.15) is 69.9 Å². The molecule has 2 heterocycles. The topological polar surface area (TPSA) is 38.7 Å². The highest BCUT2D eigenvalue weighted by atomic mass is 14.9. The molecule has 0 spiro atoms. The molecule has 0 radical (unpaired) electrons. The number of benzene rings is 1. The molecular weight excluding hydrogens is 354 g/mol. The van der Waals surface area contributed by atoms with Crippen molar-refractivity contribution in [2.75, 3.05) is 0 Å². The summed E-state index contributed by atoms with van der Waals surface area (Å²) in [6.07, 6.45) is 17.0. The van der Waals surface area contributed by atoms with Crippen molar-refractivity contribution in [2.24, 2.45) is 0 Å². The zero-order valence-corrected chi connectivity index (χ0v) is 17.9. The van der Waals surface area contributed by atoms with E-state index in [1.165, 1.54) is 56.1 Å². The Morgan fingerprint density at radius 3 is 1.83 bits per heavy atom. The van der Waals surface area contributed by atoms with Gasteiger partial charge in [0.15, 0.2) is 5.82 Å². The van der Waals surface area contributed by atoms with Gasteiger partial charge in [-0.3, -0.25) is 4.98 Å². The largest absolute Gasteiger partial charge is 0.256 e. The maximum absolute atomic E-state index is 4.63. The summed E-state index contributed by atoms with van der Waals surface area (Å²) in [7, 11) is 0. The molecule has 0 aliphatic carbocycles. The molecule has 2 aromatic heterocycles. The van der Waals surface area contributed by atoms with Crippen LogP contribution in [-0.2, 0) is 12.8 Å². The summed E-state index contributed by atoms with van der Waals surface area (Å²) in [6.45, 7) is 4.47. The lowest BCUT2D eigenvalue weighted by Gasteiger charge is -2.06. The molecule has 1 aromatic carbocycles. The number of nitrogens with zero attached hydrogens (tertiary/aromatic N) is 3. The molecule has 0 saturated heterocycles. The molecule has 3 aromatic rings. The van der Waals surface area contributed by atoms with Crippen LogP contribution in [0.4, 0.5) is 0 Å². The highest BCUT2D eigenvalue weighted by molar-refractivity contribution is 5.65. The number of pyridine rings is 1. The zero-order chi connectivity index (χ0) is 20.3. The van der Waals surface area contributed by atoms with Crippen LogP contribution in [0.3, 0.4) is 0 Å². The summed E-state index contributed by atoms with van der Waals surface area (Å²) in [4.78, 5) is 13.8. The van der Waals surface area contributed by atoms with E-state index in [0.717, 1.165) is 35.5 Å². The summed E-state index contributed by atoms with van der Waals surface area (Å²) in [5.74, 6) is 0.786. The van der Waals surface area contributed by atoms with Crippen LogP contribution in [0.2, 0.25) is 0 Å². The first kappa shape index (κ1) is 21.2. The third-order valence-corrected chi connectivity index (χ3v) is 5.36. The van der Waals surface area contributed by atoms with Gasteiger partial charge in [-0.1, -0.05) is 76.3 Å². The first-order chi connectivity index (χ1) is 14.3. The lowest BCUT2D eigenvalue weighted by atomic mass is 10.1. The van der Waals surface area contributed by atoms with Gasteiger partial charge >= 0.3 is 0 Å². The van der Waals surface area contributed by atoms with Gasteiger partial charge in [0, 0.05) is 29.7 Å². The van der Waals surface area contributed by atoms with Gasteiger partial charge in [0.25, 0.3) is 0 Å². The van der Waals surface area contributed by atoms with Gasteiger partial charge in [0.1, 0.15) is 0 Å². The fraction of sp³-hybridized carbons (Fsp3) is 0.423. The fourth-order valence-corrected chi connectivity index (χ4v) is 3.48. The van der Waals surface area contributed by atoms with Gasteiger partial charge in [-0.15, -0.1) is 0 Å². The molecule has 0 N–H and O–H groups in total. The lowest BCUT2D eigenvalue weighted by Crippen LogP contribution is -1.93. The highest BCUT2D eigenvalue weighted by Crippen LogP contribution is 2.22. The molecular formula is C26H33N3. The summed E-state index contributed by atoms with van der Waals surface area (Å²) in [5.41, 5.74) is 5.72. The van der Waals surface area contributed by atoms with E-state index in [9.17, 15) is 0 Å². The molecule has 0 unspecified atom stereocenters. The first-order valence-electron chi connectivity index (χ1n) is 11.2. The fourth-order valence-electron chi connectivity index (χ4n) is 3.48. The number of hydrogen-bond acceptors (Lipinski definition) is 3. The van der Waals surface area contributed by atoms with E-state index in [-0.39, 0.29) is 0 Å².